The Kier molecular flexibility index (Phi) is 17.5. The van der Waals surface area contributed by atoms with Crippen LogP contribution in [0, 0.1) is 24.7 Å². The molecule has 316 valence electrons. The van der Waals surface area contributed by atoms with E-state index >= 15 is 0 Å². The van der Waals surface area contributed by atoms with Crippen molar-refractivity contribution in [2.75, 3.05) is 5.75 Å². The molecule has 1 aromatic rings. The average molecular weight is 833 g/mol. The summed E-state index contributed by atoms with van der Waals surface area (Å²) in [5.74, 6) is -8.71. The van der Waals surface area contributed by atoms with E-state index in [1.54, 1.807) is 58.1 Å². The molecule has 0 aromatic heterocycles. The number of rotatable bonds is 5. The summed E-state index contributed by atoms with van der Waals surface area (Å²) in [6.45, 7) is 10.6. The number of ketones is 4. The van der Waals surface area contributed by atoms with Gasteiger partial charge in [0.1, 0.15) is 17.5 Å². The van der Waals surface area contributed by atoms with Gasteiger partial charge in [-0.15, -0.1) is 11.8 Å². The van der Waals surface area contributed by atoms with E-state index in [1.165, 1.54) is 44.2 Å². The van der Waals surface area contributed by atoms with Gasteiger partial charge in [0, 0.05) is 54.1 Å². The van der Waals surface area contributed by atoms with Crippen LogP contribution in [0.2, 0.25) is 0 Å². The largest absolute Gasteiger partial charge is 0.507 e. The van der Waals surface area contributed by atoms with Crippen LogP contribution in [0.25, 0.3) is 0 Å². The highest BCUT2D eigenvalue weighted by molar-refractivity contribution is 8.04. The van der Waals surface area contributed by atoms with Gasteiger partial charge in [-0.2, -0.15) is 0 Å². The number of hydrogen-bond donors (Lipinski definition) is 7. The lowest BCUT2D eigenvalue weighted by atomic mass is 9.83. The number of carboxylic acids is 1. The van der Waals surface area contributed by atoms with Gasteiger partial charge in [0.2, 0.25) is 23.4 Å². The van der Waals surface area contributed by atoms with E-state index in [-0.39, 0.29) is 35.3 Å². The molecule has 14 nitrogen and oxygen atoms in total. The van der Waals surface area contributed by atoms with Crippen LogP contribution in [0.3, 0.4) is 0 Å². The lowest BCUT2D eigenvalue weighted by molar-refractivity contribution is -0.140. The van der Waals surface area contributed by atoms with Crippen LogP contribution in [-0.2, 0) is 19.2 Å². The first-order valence-corrected chi connectivity index (χ1v) is 20.0. The Morgan fingerprint density at radius 3 is 2.15 bits per heavy atom. The maximum absolute atomic E-state index is 14.4. The molecule has 2 heterocycles. The lowest BCUT2D eigenvalue weighted by Crippen LogP contribution is -2.42. The fourth-order valence-electron chi connectivity index (χ4n) is 6.24. The van der Waals surface area contributed by atoms with E-state index in [2.05, 4.69) is 10.6 Å². The van der Waals surface area contributed by atoms with Gasteiger partial charge in [0.15, 0.2) is 11.6 Å². The summed E-state index contributed by atoms with van der Waals surface area (Å²) in [5.41, 5.74) is -1.35. The molecule has 0 unspecified atom stereocenters. The number of phenolic OH excluding ortho intramolecular Hbond substituents is 1. The number of aliphatic carboxylic acids is 1. The normalized spacial score (nSPS) is 28.7. The number of carboxylic acid groups (broad SMARTS) is 1. The fraction of sp³-hybridized carbons (Fsp3) is 0.386. The molecule has 2 amide bonds. The van der Waals surface area contributed by atoms with E-state index in [9.17, 15) is 59.1 Å². The molecule has 0 saturated heterocycles. The van der Waals surface area contributed by atoms with Crippen molar-refractivity contribution in [3.05, 3.63) is 111 Å². The second-order valence-electron chi connectivity index (χ2n) is 14.7. The maximum Gasteiger partial charge on any atom is 0.327 e. The number of aromatic hydroxyl groups is 1. The van der Waals surface area contributed by atoms with Crippen molar-refractivity contribution in [1.29, 1.82) is 0 Å². The fourth-order valence-corrected chi connectivity index (χ4v) is 7.32. The third-order valence-electron chi connectivity index (χ3n) is 9.86. The Morgan fingerprint density at radius 2 is 1.51 bits per heavy atom. The number of carbonyl (C=O) groups is 7. The smallest absolute Gasteiger partial charge is 0.327 e. The van der Waals surface area contributed by atoms with Crippen molar-refractivity contribution in [3.63, 3.8) is 0 Å². The number of allylic oxidation sites excluding steroid dienone is 8. The second-order valence-corrected chi connectivity index (χ2v) is 15.8. The Hall–Kier alpha value is -5.48. The molecule has 0 saturated carbocycles. The Bertz CT molecular complexity index is 2090. The van der Waals surface area contributed by atoms with Crippen molar-refractivity contribution in [2.24, 2.45) is 17.8 Å². The summed E-state index contributed by atoms with van der Waals surface area (Å²) in [5, 5.41) is 58.0. The van der Waals surface area contributed by atoms with E-state index in [4.69, 9.17) is 0 Å². The van der Waals surface area contributed by atoms with Gasteiger partial charge in [0.25, 0.3) is 0 Å². The first kappa shape index (κ1) is 47.9. The zero-order chi connectivity index (χ0) is 44.3. The van der Waals surface area contributed by atoms with Crippen LogP contribution in [0.15, 0.2) is 88.6 Å². The monoisotopic (exact) mass is 832 g/mol. The molecule has 1 aliphatic carbocycles. The van der Waals surface area contributed by atoms with E-state index in [1.807, 2.05) is 0 Å². The Morgan fingerprint density at radius 1 is 0.847 bits per heavy atom. The molecule has 59 heavy (non-hydrogen) atoms. The summed E-state index contributed by atoms with van der Waals surface area (Å²) in [7, 11) is 0. The van der Waals surface area contributed by atoms with Crippen molar-refractivity contribution in [3.8, 4) is 5.75 Å². The molecule has 0 radical (unpaired) electrons. The molecule has 0 fully saturated rings. The zero-order valence-electron chi connectivity index (χ0n) is 34.0. The minimum Gasteiger partial charge on any atom is -0.507 e. The van der Waals surface area contributed by atoms with Crippen LogP contribution in [-0.4, -0.2) is 96.6 Å². The summed E-state index contributed by atoms with van der Waals surface area (Å²) in [6.07, 6.45) is 11.6. The Balaban J connectivity index is 2.19. The molecular formula is C44H52N2O12S. The number of hydrogen-bond acceptors (Lipinski definition) is 12. The Labute approximate surface area is 347 Å². The van der Waals surface area contributed by atoms with Crippen LogP contribution in [0.1, 0.15) is 91.0 Å². The van der Waals surface area contributed by atoms with Crippen molar-refractivity contribution >= 4 is 52.7 Å². The molecule has 1 aromatic carbocycles. The summed E-state index contributed by atoms with van der Waals surface area (Å²) in [4.78, 5) is 92.0. The minimum absolute atomic E-state index is 0.00628. The quantitative estimate of drug-likeness (QED) is 0.204. The summed E-state index contributed by atoms with van der Waals surface area (Å²) in [6, 6.07) is -0.315. The highest BCUT2D eigenvalue weighted by atomic mass is 32.2. The molecule has 2 aliphatic heterocycles. The molecule has 4 rings (SSSR count). The lowest BCUT2D eigenvalue weighted by Gasteiger charge is -2.25. The molecular weight excluding hydrogens is 781 g/mol. The topological polar surface area (TPSA) is 245 Å². The molecule has 7 N–H and O–H groups in total. The number of aryl methyl sites for hydroxylation is 1. The number of aliphatic hydroxyl groups excluding tert-OH is 3. The number of thioether (sulfide) groups is 1. The summed E-state index contributed by atoms with van der Waals surface area (Å²) < 4.78 is 0. The van der Waals surface area contributed by atoms with Crippen molar-refractivity contribution < 1.29 is 59.1 Å². The van der Waals surface area contributed by atoms with Gasteiger partial charge in [-0.05, 0) is 50.0 Å². The average Bonchev–Trinajstić information content (AvgIpc) is 3.17. The SMILES string of the molecule is CC(=O)N[C@@H](CSC1=C2NC(=O)\C=C/C=C/C=C\[C@H](C)[C@@H](O)CC(=O)/C(C)=C/C[C@H](O)/C=C\[C@H](C)[C@H](O)[C@@H](C)/C=C(\C)C(=O)c3c(O)c(C)cc(c3C1=O)C2=O)C(=O)O. The zero-order valence-corrected chi connectivity index (χ0v) is 34.8. The first-order chi connectivity index (χ1) is 27.7. The van der Waals surface area contributed by atoms with Crippen LogP contribution >= 0.6 is 11.8 Å². The van der Waals surface area contributed by atoms with Crippen molar-refractivity contribution in [1.82, 2.24) is 10.6 Å². The first-order valence-electron chi connectivity index (χ1n) is 19.0. The third kappa shape index (κ3) is 12.8. The van der Waals surface area contributed by atoms with Crippen LogP contribution < -0.4 is 10.6 Å². The van der Waals surface area contributed by atoms with Crippen molar-refractivity contribution in [2.45, 2.75) is 85.7 Å². The highest BCUT2D eigenvalue weighted by Gasteiger charge is 2.39. The summed E-state index contributed by atoms with van der Waals surface area (Å²) >= 11 is 0.556. The van der Waals surface area contributed by atoms with Gasteiger partial charge >= 0.3 is 5.97 Å². The minimum atomic E-state index is -1.52. The predicted octanol–water partition coefficient (Wildman–Crippen LogP) is 4.38. The number of nitrogens with one attached hydrogen (secondary N) is 2. The number of carbonyl (C=O) groups excluding carboxylic acids is 6. The molecule has 0 spiro atoms. The maximum atomic E-state index is 14.4. The van der Waals surface area contributed by atoms with E-state index < -0.39 is 110 Å². The second kappa shape index (κ2) is 21.5. The molecule has 3 aliphatic rings. The highest BCUT2D eigenvalue weighted by Crippen LogP contribution is 2.40. The standard InChI is InChI=1S/C44H52N2O12S/c1-22-12-10-8-9-11-13-34(51)46-37-41(55)30-19-27(6)40(54)36(35(30)42(56)43(37)59-21-31(44(57)58)45-28(7)47)39(53)26(5)18-25(4)38(52)24(3)15-17-29(48)16-14-23(2)33(50)20-32(22)49/h8-15,17-19,22,24-25,29,31-32,38,48-49,52,54H,16,20-21H2,1-7H3,(H,45,47)(H,46,51)(H,57,58)/b9-8+,12-10-,13-11-,17-15-,23-14+,26-18+/t22-,24-,25-,29-,31-,32-,38-/m0/s1. The van der Waals surface area contributed by atoms with E-state index in [0.717, 1.165) is 13.0 Å². The van der Waals surface area contributed by atoms with E-state index in [0.29, 0.717) is 17.3 Å². The number of Topliss-reactive ketones (excluding diaryl/α,β-unsaturated/α-hetero) is 4. The van der Waals surface area contributed by atoms with Crippen LogP contribution in [0.5, 0.6) is 5.75 Å². The van der Waals surface area contributed by atoms with Gasteiger partial charge in [-0.3, -0.25) is 28.8 Å². The van der Waals surface area contributed by atoms with Gasteiger partial charge in [0.05, 0.1) is 28.8 Å². The number of phenols is 1. The number of aliphatic hydroxyl groups is 3. The number of benzene rings is 1. The van der Waals surface area contributed by atoms with Gasteiger partial charge < -0.3 is 36.2 Å². The third-order valence-corrected chi connectivity index (χ3v) is 11.0. The number of amides is 2. The number of fused-ring (bicyclic) bond motifs is 18. The molecule has 7 atom stereocenters. The van der Waals surface area contributed by atoms with Gasteiger partial charge in [-0.1, -0.05) is 75.5 Å². The molecule has 4 bridgehead atoms. The van der Waals surface area contributed by atoms with Gasteiger partial charge in [-0.25, -0.2) is 4.79 Å². The van der Waals surface area contributed by atoms with Crippen LogP contribution in [0.4, 0.5) is 0 Å². The predicted molar refractivity (Wildman–Crippen MR) is 223 cm³/mol. The molecule has 15 heteroatoms.